The molecule has 2 aromatic carbocycles. The first kappa shape index (κ1) is 18.3. The molecule has 128 valence electrons. The molecule has 0 radical (unpaired) electrons. The molecule has 0 saturated heterocycles. The molecule has 2 aromatic rings. The lowest BCUT2D eigenvalue weighted by Gasteiger charge is -2.26. The van der Waals surface area contributed by atoms with Crippen LogP contribution in [0.1, 0.15) is 5.56 Å². The van der Waals surface area contributed by atoms with Crippen LogP contribution < -0.4 is 9.21 Å². The summed E-state index contributed by atoms with van der Waals surface area (Å²) in [6.07, 6.45) is 1.07. The fourth-order valence-electron chi connectivity index (χ4n) is 2.27. The maximum absolute atomic E-state index is 12.6. The van der Waals surface area contributed by atoms with Gasteiger partial charge in [0.05, 0.1) is 11.9 Å². The zero-order valence-electron chi connectivity index (χ0n) is 13.7. The third-order valence-electron chi connectivity index (χ3n) is 3.70. The van der Waals surface area contributed by atoms with Crippen molar-refractivity contribution in [1.29, 1.82) is 0 Å². The van der Waals surface area contributed by atoms with Gasteiger partial charge < -0.3 is 4.90 Å². The summed E-state index contributed by atoms with van der Waals surface area (Å²) in [5, 5.41) is 0.449. The average molecular weight is 367 g/mol. The highest BCUT2D eigenvalue weighted by atomic mass is 35.5. The second-order valence-corrected chi connectivity index (χ2v) is 7.76. The third-order valence-corrected chi connectivity index (χ3v) is 5.24. The summed E-state index contributed by atoms with van der Waals surface area (Å²) in [6, 6.07) is 14.0. The molecule has 0 heterocycles. The van der Waals surface area contributed by atoms with E-state index in [9.17, 15) is 13.2 Å². The van der Waals surface area contributed by atoms with Crippen LogP contribution in [0.4, 0.5) is 11.4 Å². The van der Waals surface area contributed by atoms with Gasteiger partial charge in [-0.1, -0.05) is 35.9 Å². The first-order valence-electron chi connectivity index (χ1n) is 7.26. The lowest BCUT2D eigenvalue weighted by atomic mass is 10.2. The van der Waals surface area contributed by atoms with Crippen molar-refractivity contribution in [2.24, 2.45) is 0 Å². The van der Waals surface area contributed by atoms with E-state index in [1.54, 1.807) is 44.3 Å². The van der Waals surface area contributed by atoms with Crippen molar-refractivity contribution in [2.45, 2.75) is 6.92 Å². The number of hydrogen-bond acceptors (Lipinski definition) is 3. The quantitative estimate of drug-likeness (QED) is 0.817. The van der Waals surface area contributed by atoms with Crippen LogP contribution in [-0.4, -0.2) is 34.2 Å². The van der Waals surface area contributed by atoms with Crippen LogP contribution in [-0.2, 0) is 14.8 Å². The van der Waals surface area contributed by atoms with Gasteiger partial charge in [0.15, 0.2) is 0 Å². The molecule has 1 amide bonds. The van der Waals surface area contributed by atoms with Crippen LogP contribution in [0.15, 0.2) is 48.5 Å². The smallest absolute Gasteiger partial charge is 0.247 e. The van der Waals surface area contributed by atoms with E-state index in [0.29, 0.717) is 22.0 Å². The van der Waals surface area contributed by atoms with E-state index in [-0.39, 0.29) is 12.5 Å². The highest BCUT2D eigenvalue weighted by molar-refractivity contribution is 7.92. The van der Waals surface area contributed by atoms with Gasteiger partial charge in [-0.05, 0) is 36.8 Å². The molecule has 7 heteroatoms. The molecule has 0 spiro atoms. The number of halogens is 1. The molecule has 0 bridgehead atoms. The molecule has 0 unspecified atom stereocenters. The number of benzene rings is 2. The summed E-state index contributed by atoms with van der Waals surface area (Å²) in [6.45, 7) is 1.42. The Morgan fingerprint density at radius 3 is 2.29 bits per heavy atom. The predicted octanol–water partition coefficient (Wildman–Crippen LogP) is 3.08. The minimum atomic E-state index is -3.64. The summed E-state index contributed by atoms with van der Waals surface area (Å²) in [5.41, 5.74) is 1.71. The fourth-order valence-corrected chi connectivity index (χ4v) is 3.34. The lowest BCUT2D eigenvalue weighted by molar-refractivity contribution is -0.116. The van der Waals surface area contributed by atoms with E-state index in [1.165, 1.54) is 4.90 Å². The number of likely N-dealkylation sites (N-methyl/N-ethyl adjacent to an activating group) is 1. The van der Waals surface area contributed by atoms with Crippen molar-refractivity contribution in [3.63, 3.8) is 0 Å². The largest absolute Gasteiger partial charge is 0.314 e. The molecule has 24 heavy (non-hydrogen) atoms. The van der Waals surface area contributed by atoms with Gasteiger partial charge in [-0.25, -0.2) is 8.42 Å². The van der Waals surface area contributed by atoms with Crippen molar-refractivity contribution in [2.75, 3.05) is 29.1 Å². The average Bonchev–Trinajstić information content (AvgIpc) is 2.54. The zero-order chi connectivity index (χ0) is 17.9. The Kier molecular flexibility index (Phi) is 5.51. The highest BCUT2D eigenvalue weighted by Gasteiger charge is 2.25. The van der Waals surface area contributed by atoms with Gasteiger partial charge >= 0.3 is 0 Å². The van der Waals surface area contributed by atoms with Gasteiger partial charge in [0.2, 0.25) is 15.9 Å². The molecule has 0 fully saturated rings. The maximum atomic E-state index is 12.6. The van der Waals surface area contributed by atoms with E-state index in [2.05, 4.69) is 0 Å². The van der Waals surface area contributed by atoms with Crippen LogP contribution in [0.3, 0.4) is 0 Å². The van der Waals surface area contributed by atoms with Crippen molar-refractivity contribution in [3.05, 3.63) is 59.1 Å². The summed E-state index contributed by atoms with van der Waals surface area (Å²) in [4.78, 5) is 14.0. The van der Waals surface area contributed by atoms with E-state index in [0.717, 1.165) is 10.6 Å². The number of carbonyl (C=O) groups is 1. The zero-order valence-corrected chi connectivity index (χ0v) is 15.3. The Morgan fingerprint density at radius 1 is 1.08 bits per heavy atom. The number of sulfonamides is 1. The van der Waals surface area contributed by atoms with Crippen LogP contribution in [0, 0.1) is 6.92 Å². The molecule has 0 aliphatic carbocycles. The van der Waals surface area contributed by atoms with E-state index >= 15 is 0 Å². The summed E-state index contributed by atoms with van der Waals surface area (Å²) in [7, 11) is -2.03. The Balaban J connectivity index is 2.34. The monoisotopic (exact) mass is 366 g/mol. The number of para-hydroxylation sites is 1. The van der Waals surface area contributed by atoms with E-state index in [4.69, 9.17) is 11.6 Å². The van der Waals surface area contributed by atoms with Crippen molar-refractivity contribution < 1.29 is 13.2 Å². The number of carbonyl (C=O) groups excluding carboxylic acids is 1. The van der Waals surface area contributed by atoms with Gasteiger partial charge in [-0.15, -0.1) is 0 Å². The van der Waals surface area contributed by atoms with Gasteiger partial charge in [0.25, 0.3) is 0 Å². The minimum absolute atomic E-state index is 0.300. The number of rotatable bonds is 5. The van der Waals surface area contributed by atoms with Gasteiger partial charge in [0.1, 0.15) is 6.54 Å². The fraction of sp³-hybridized carbons (Fsp3) is 0.235. The normalized spacial score (nSPS) is 11.2. The Morgan fingerprint density at radius 2 is 1.71 bits per heavy atom. The van der Waals surface area contributed by atoms with E-state index < -0.39 is 10.0 Å². The first-order valence-corrected chi connectivity index (χ1v) is 9.49. The van der Waals surface area contributed by atoms with Crippen molar-refractivity contribution >= 4 is 38.9 Å². The minimum Gasteiger partial charge on any atom is -0.314 e. The number of hydrogen-bond donors (Lipinski definition) is 0. The summed E-state index contributed by atoms with van der Waals surface area (Å²) >= 11 is 6.09. The predicted molar refractivity (Wildman–Crippen MR) is 98.2 cm³/mol. The van der Waals surface area contributed by atoms with Crippen LogP contribution in [0.2, 0.25) is 5.02 Å². The number of amides is 1. The number of nitrogens with zero attached hydrogens (tertiary/aromatic N) is 2. The van der Waals surface area contributed by atoms with Gasteiger partial charge in [-0.2, -0.15) is 0 Å². The molecular weight excluding hydrogens is 348 g/mol. The van der Waals surface area contributed by atoms with Gasteiger partial charge in [-0.3, -0.25) is 9.10 Å². The van der Waals surface area contributed by atoms with E-state index in [1.807, 2.05) is 18.2 Å². The Bertz CT molecular complexity index is 838. The lowest BCUT2D eigenvalue weighted by Crippen LogP contribution is -2.41. The molecule has 0 atom stereocenters. The van der Waals surface area contributed by atoms with Crippen LogP contribution >= 0.6 is 11.6 Å². The second-order valence-electron chi connectivity index (χ2n) is 5.44. The Hall–Kier alpha value is -2.05. The van der Waals surface area contributed by atoms with Crippen LogP contribution in [0.25, 0.3) is 0 Å². The Labute approximate surface area is 147 Å². The molecule has 0 N–H and O–H groups in total. The first-order chi connectivity index (χ1) is 11.2. The standard InChI is InChI=1S/C17H19ClN2O3S/c1-13-15(18)10-7-11-16(13)20(24(3,22)23)12-17(21)19(2)14-8-5-4-6-9-14/h4-11H,12H2,1-3H3. The molecule has 0 aliphatic rings. The highest BCUT2D eigenvalue weighted by Crippen LogP contribution is 2.28. The second kappa shape index (κ2) is 7.23. The summed E-state index contributed by atoms with van der Waals surface area (Å²) in [5.74, 6) is -0.342. The van der Waals surface area contributed by atoms with Crippen molar-refractivity contribution in [3.8, 4) is 0 Å². The SMILES string of the molecule is Cc1c(Cl)cccc1N(CC(=O)N(C)c1ccccc1)S(C)(=O)=O. The van der Waals surface area contributed by atoms with Gasteiger partial charge in [0, 0.05) is 17.8 Å². The molecule has 0 aliphatic heterocycles. The van der Waals surface area contributed by atoms with Crippen LogP contribution in [0.5, 0.6) is 0 Å². The topological polar surface area (TPSA) is 57.7 Å². The number of anilines is 2. The van der Waals surface area contributed by atoms with Crippen molar-refractivity contribution in [1.82, 2.24) is 0 Å². The molecule has 0 saturated carbocycles. The molecule has 2 rings (SSSR count). The molecule has 5 nitrogen and oxygen atoms in total. The molecule has 0 aromatic heterocycles. The molecular formula is C17H19ClN2O3S. The maximum Gasteiger partial charge on any atom is 0.247 e. The third kappa shape index (κ3) is 4.07. The summed E-state index contributed by atoms with van der Waals surface area (Å²) < 4.78 is 25.5.